The van der Waals surface area contributed by atoms with Crippen LogP contribution in [0.5, 0.6) is 0 Å². The molecule has 17 heavy (non-hydrogen) atoms. The highest BCUT2D eigenvalue weighted by molar-refractivity contribution is 7.90. The third kappa shape index (κ3) is 4.44. The van der Waals surface area contributed by atoms with Gasteiger partial charge in [0.2, 0.25) is 0 Å². The molecule has 0 radical (unpaired) electrons. The molecular formula is C10H14Cl2N2O2S. The number of halogens is 2. The summed E-state index contributed by atoms with van der Waals surface area (Å²) < 4.78 is 22.2. The first-order valence-electron chi connectivity index (χ1n) is 4.93. The van der Waals surface area contributed by atoms with E-state index in [2.05, 4.69) is 5.43 Å². The van der Waals surface area contributed by atoms with Crippen LogP contribution in [0, 0.1) is 0 Å². The van der Waals surface area contributed by atoms with Crippen molar-refractivity contribution in [2.75, 3.05) is 12.0 Å². The quantitative estimate of drug-likeness (QED) is 0.643. The van der Waals surface area contributed by atoms with Gasteiger partial charge in [0.15, 0.2) is 0 Å². The van der Waals surface area contributed by atoms with Crippen LogP contribution in [0.25, 0.3) is 0 Å². The van der Waals surface area contributed by atoms with Crippen LogP contribution < -0.4 is 11.3 Å². The Hall–Kier alpha value is -0.330. The molecular weight excluding hydrogens is 283 g/mol. The Bertz CT molecular complexity index is 491. The van der Waals surface area contributed by atoms with Gasteiger partial charge in [-0.25, -0.2) is 8.42 Å². The Balaban J connectivity index is 2.90. The largest absolute Gasteiger partial charge is 0.271 e. The minimum Gasteiger partial charge on any atom is -0.271 e. The molecule has 0 fully saturated rings. The number of benzene rings is 1. The summed E-state index contributed by atoms with van der Waals surface area (Å²) in [6, 6.07) is 4.84. The van der Waals surface area contributed by atoms with Crippen LogP contribution in [0.4, 0.5) is 0 Å². The van der Waals surface area contributed by atoms with E-state index in [0.717, 1.165) is 0 Å². The summed E-state index contributed by atoms with van der Waals surface area (Å²) >= 11 is 11.9. The first kappa shape index (κ1) is 14.7. The zero-order valence-electron chi connectivity index (χ0n) is 9.28. The zero-order valence-corrected chi connectivity index (χ0v) is 11.6. The number of hydrogen-bond acceptors (Lipinski definition) is 4. The predicted molar refractivity (Wildman–Crippen MR) is 70.9 cm³/mol. The second-order valence-corrected chi connectivity index (χ2v) is 6.83. The Morgan fingerprint density at radius 1 is 1.41 bits per heavy atom. The first-order chi connectivity index (χ1) is 7.85. The van der Waals surface area contributed by atoms with Gasteiger partial charge < -0.3 is 0 Å². The van der Waals surface area contributed by atoms with Crippen LogP contribution in [0.1, 0.15) is 18.0 Å². The normalized spacial score (nSPS) is 13.6. The van der Waals surface area contributed by atoms with E-state index in [9.17, 15) is 8.42 Å². The molecule has 0 saturated carbocycles. The molecule has 1 atom stereocenters. The van der Waals surface area contributed by atoms with E-state index < -0.39 is 9.84 Å². The standard InChI is InChI=1S/C10H14Cl2N2O2S/c1-17(15,16)6-5-9(14-13)7-3-2-4-8(11)10(7)12/h2-4,9,14H,5-6,13H2,1H3. The molecule has 96 valence electrons. The molecule has 0 aliphatic rings. The summed E-state index contributed by atoms with van der Waals surface area (Å²) in [7, 11) is -3.03. The van der Waals surface area contributed by atoms with Crippen molar-refractivity contribution in [2.45, 2.75) is 12.5 Å². The highest BCUT2D eigenvalue weighted by atomic mass is 35.5. The van der Waals surface area contributed by atoms with Gasteiger partial charge >= 0.3 is 0 Å². The van der Waals surface area contributed by atoms with Gasteiger partial charge in [-0.2, -0.15) is 0 Å². The van der Waals surface area contributed by atoms with Crippen molar-refractivity contribution in [1.29, 1.82) is 0 Å². The maximum absolute atomic E-state index is 11.1. The minimum atomic E-state index is -3.03. The smallest absolute Gasteiger partial charge is 0.147 e. The first-order valence-corrected chi connectivity index (χ1v) is 7.74. The second-order valence-electron chi connectivity index (χ2n) is 3.78. The van der Waals surface area contributed by atoms with Crippen molar-refractivity contribution in [1.82, 2.24) is 5.43 Å². The third-order valence-electron chi connectivity index (χ3n) is 2.34. The maximum atomic E-state index is 11.1. The summed E-state index contributed by atoms with van der Waals surface area (Å²) in [6.45, 7) is 0. The molecule has 0 saturated heterocycles. The van der Waals surface area contributed by atoms with Gasteiger partial charge in [-0.05, 0) is 18.1 Å². The SMILES string of the molecule is CS(=O)(=O)CCC(NN)c1cccc(Cl)c1Cl. The molecule has 3 N–H and O–H groups in total. The lowest BCUT2D eigenvalue weighted by Crippen LogP contribution is -2.29. The van der Waals surface area contributed by atoms with E-state index in [1.807, 2.05) is 0 Å². The van der Waals surface area contributed by atoms with Gasteiger partial charge in [-0.1, -0.05) is 35.3 Å². The molecule has 1 aromatic rings. The van der Waals surface area contributed by atoms with E-state index in [1.54, 1.807) is 18.2 Å². The van der Waals surface area contributed by atoms with Gasteiger partial charge in [-0.3, -0.25) is 11.3 Å². The summed E-state index contributed by atoms with van der Waals surface area (Å²) in [5.74, 6) is 5.44. The van der Waals surface area contributed by atoms with Crippen molar-refractivity contribution in [3.8, 4) is 0 Å². The van der Waals surface area contributed by atoms with Crippen LogP contribution >= 0.6 is 23.2 Å². The van der Waals surface area contributed by atoms with Gasteiger partial charge in [0.1, 0.15) is 9.84 Å². The van der Waals surface area contributed by atoms with Crippen molar-refractivity contribution in [3.05, 3.63) is 33.8 Å². The Kier molecular flexibility index (Phi) is 5.22. The molecule has 1 rings (SSSR count). The lowest BCUT2D eigenvalue weighted by Gasteiger charge is -2.17. The van der Waals surface area contributed by atoms with Crippen LogP contribution in [-0.2, 0) is 9.84 Å². The Morgan fingerprint density at radius 3 is 2.59 bits per heavy atom. The lowest BCUT2D eigenvalue weighted by atomic mass is 10.1. The van der Waals surface area contributed by atoms with Gasteiger partial charge in [0, 0.05) is 12.3 Å². The van der Waals surface area contributed by atoms with E-state index in [0.29, 0.717) is 22.0 Å². The molecule has 4 nitrogen and oxygen atoms in total. The van der Waals surface area contributed by atoms with Crippen molar-refractivity contribution in [3.63, 3.8) is 0 Å². The number of hydrazine groups is 1. The highest BCUT2D eigenvalue weighted by Crippen LogP contribution is 2.31. The minimum absolute atomic E-state index is 0.0324. The monoisotopic (exact) mass is 296 g/mol. The number of nitrogens with two attached hydrogens (primary N) is 1. The fraction of sp³-hybridized carbons (Fsp3) is 0.400. The van der Waals surface area contributed by atoms with E-state index in [-0.39, 0.29) is 11.8 Å². The number of rotatable bonds is 5. The Morgan fingerprint density at radius 2 is 2.06 bits per heavy atom. The zero-order chi connectivity index (χ0) is 13.1. The maximum Gasteiger partial charge on any atom is 0.147 e. The van der Waals surface area contributed by atoms with Gasteiger partial charge in [-0.15, -0.1) is 0 Å². The molecule has 7 heteroatoms. The Labute approximate surface area is 111 Å². The topological polar surface area (TPSA) is 72.2 Å². The third-order valence-corrected chi connectivity index (χ3v) is 4.15. The molecule has 0 spiro atoms. The summed E-state index contributed by atoms with van der Waals surface area (Å²) in [5, 5.41) is 0.814. The molecule has 1 aromatic carbocycles. The van der Waals surface area contributed by atoms with Crippen molar-refractivity contribution < 1.29 is 8.42 Å². The van der Waals surface area contributed by atoms with Crippen LogP contribution in [0.15, 0.2) is 18.2 Å². The van der Waals surface area contributed by atoms with Gasteiger partial charge in [0.05, 0.1) is 15.8 Å². The number of hydrogen-bond donors (Lipinski definition) is 2. The van der Waals surface area contributed by atoms with Crippen molar-refractivity contribution >= 4 is 33.0 Å². The van der Waals surface area contributed by atoms with Crippen molar-refractivity contribution in [2.24, 2.45) is 5.84 Å². The van der Waals surface area contributed by atoms with Crippen LogP contribution in [0.2, 0.25) is 10.0 Å². The molecule has 0 amide bonds. The number of nitrogens with one attached hydrogen (secondary N) is 1. The summed E-state index contributed by atoms with van der Waals surface area (Å²) in [6.07, 6.45) is 1.52. The lowest BCUT2D eigenvalue weighted by molar-refractivity contribution is 0.531. The van der Waals surface area contributed by atoms with Crippen LogP contribution in [0.3, 0.4) is 0 Å². The van der Waals surface area contributed by atoms with E-state index >= 15 is 0 Å². The fourth-order valence-corrected chi connectivity index (χ4v) is 2.55. The number of sulfone groups is 1. The molecule has 0 heterocycles. The average Bonchev–Trinajstić information content (AvgIpc) is 2.23. The van der Waals surface area contributed by atoms with E-state index in [4.69, 9.17) is 29.0 Å². The average molecular weight is 297 g/mol. The molecule has 0 bridgehead atoms. The fourth-order valence-electron chi connectivity index (χ4n) is 1.45. The van der Waals surface area contributed by atoms with Crippen LogP contribution in [-0.4, -0.2) is 20.4 Å². The molecule has 1 unspecified atom stereocenters. The molecule has 0 aromatic heterocycles. The summed E-state index contributed by atoms with van der Waals surface area (Å²) in [5.41, 5.74) is 3.25. The molecule has 0 aliphatic carbocycles. The highest BCUT2D eigenvalue weighted by Gasteiger charge is 2.16. The molecule has 0 aliphatic heterocycles. The second kappa shape index (κ2) is 6.02. The predicted octanol–water partition coefficient (Wildman–Crippen LogP) is 1.93. The summed E-state index contributed by atoms with van der Waals surface area (Å²) in [4.78, 5) is 0. The van der Waals surface area contributed by atoms with E-state index in [1.165, 1.54) is 6.26 Å². The van der Waals surface area contributed by atoms with Gasteiger partial charge in [0.25, 0.3) is 0 Å².